The lowest BCUT2D eigenvalue weighted by Gasteiger charge is -2.62. The molecule has 3 aliphatic rings. The zero-order valence-electron chi connectivity index (χ0n) is 12.5. The van der Waals surface area contributed by atoms with Crippen LogP contribution in [0, 0.1) is 11.3 Å². The topological polar surface area (TPSA) is 78.6 Å². The fraction of sp³-hybridized carbons (Fsp3) is 0.412. The van der Waals surface area contributed by atoms with Crippen molar-refractivity contribution in [2.24, 2.45) is 11.3 Å². The van der Waals surface area contributed by atoms with Gasteiger partial charge in [-0.2, -0.15) is 0 Å². The second-order valence-electron chi connectivity index (χ2n) is 7.03. The van der Waals surface area contributed by atoms with Crippen LogP contribution < -0.4 is 0 Å². The molecule has 6 heteroatoms. The number of nitrogens with zero attached hydrogens (tertiary/aromatic N) is 3. The van der Waals surface area contributed by atoms with Gasteiger partial charge >= 0.3 is 6.09 Å². The lowest BCUT2D eigenvalue weighted by Crippen LogP contribution is -2.71. The number of aromatic nitrogens is 2. The number of benzene rings is 1. The van der Waals surface area contributed by atoms with Crippen LogP contribution in [0.3, 0.4) is 0 Å². The Kier molecular flexibility index (Phi) is 2.36. The van der Waals surface area contributed by atoms with Gasteiger partial charge in [-0.15, -0.1) is 0 Å². The molecule has 3 atom stereocenters. The number of hydrogen-bond donors (Lipinski definition) is 2. The number of hydrogen-bond acceptors (Lipinski definition) is 3. The molecule has 1 saturated heterocycles. The Balaban J connectivity index is 1.45. The second kappa shape index (κ2) is 4.14. The van der Waals surface area contributed by atoms with E-state index in [1.54, 1.807) is 0 Å². The van der Waals surface area contributed by atoms with Gasteiger partial charge in [0.2, 0.25) is 0 Å². The van der Waals surface area contributed by atoms with Gasteiger partial charge in [-0.25, -0.2) is 9.78 Å². The number of aliphatic hydroxyl groups is 1. The van der Waals surface area contributed by atoms with Gasteiger partial charge in [-0.05, 0) is 12.0 Å². The minimum Gasteiger partial charge on any atom is -0.465 e. The number of fused-ring (bicyclic) bond motifs is 3. The molecule has 1 saturated carbocycles. The Morgan fingerprint density at radius 2 is 2.09 bits per heavy atom. The van der Waals surface area contributed by atoms with Crippen LogP contribution in [0.1, 0.15) is 18.0 Å². The monoisotopic (exact) mass is 311 g/mol. The van der Waals surface area contributed by atoms with Crippen molar-refractivity contribution in [3.63, 3.8) is 0 Å². The van der Waals surface area contributed by atoms with E-state index in [4.69, 9.17) is 5.11 Å². The lowest BCUT2D eigenvalue weighted by atomic mass is 9.53. The molecule has 2 fully saturated rings. The summed E-state index contributed by atoms with van der Waals surface area (Å²) in [6, 6.07) is 8.37. The maximum atomic E-state index is 11.0. The minimum absolute atomic E-state index is 0.100. The van der Waals surface area contributed by atoms with Crippen molar-refractivity contribution in [2.75, 3.05) is 13.1 Å². The molecule has 3 heterocycles. The zero-order valence-corrected chi connectivity index (χ0v) is 12.5. The van der Waals surface area contributed by atoms with E-state index in [2.05, 4.69) is 21.7 Å². The van der Waals surface area contributed by atoms with Crippen molar-refractivity contribution in [1.29, 1.82) is 0 Å². The molecule has 5 rings (SSSR count). The van der Waals surface area contributed by atoms with E-state index in [0.29, 0.717) is 13.1 Å². The first kappa shape index (κ1) is 13.1. The Bertz CT molecular complexity index is 809. The van der Waals surface area contributed by atoms with E-state index in [0.717, 1.165) is 12.1 Å². The summed E-state index contributed by atoms with van der Waals surface area (Å²) in [5, 5.41) is 19.8. The van der Waals surface area contributed by atoms with Crippen LogP contribution in [-0.4, -0.2) is 50.0 Å². The first-order valence-corrected chi connectivity index (χ1v) is 7.88. The molecule has 1 aliphatic carbocycles. The SMILES string of the molecule is O=C(O)N1CC2(C[C@H]([C@H]3c4ccccc4-c4cncn43)[C@H]2O)C1. The number of aliphatic hydroxyl groups excluding tert-OH is 1. The third kappa shape index (κ3) is 1.51. The maximum Gasteiger partial charge on any atom is 0.407 e. The van der Waals surface area contributed by atoms with E-state index in [1.165, 1.54) is 16.0 Å². The van der Waals surface area contributed by atoms with Gasteiger partial charge in [0.25, 0.3) is 0 Å². The third-order valence-electron chi connectivity index (χ3n) is 5.88. The van der Waals surface area contributed by atoms with Crippen LogP contribution >= 0.6 is 0 Å². The molecule has 2 N–H and O–H groups in total. The van der Waals surface area contributed by atoms with Crippen LogP contribution in [0.2, 0.25) is 0 Å². The molecule has 1 aromatic carbocycles. The van der Waals surface area contributed by atoms with E-state index < -0.39 is 12.2 Å². The summed E-state index contributed by atoms with van der Waals surface area (Å²) in [7, 11) is 0. The predicted octanol–water partition coefficient (Wildman–Crippen LogP) is 1.81. The Morgan fingerprint density at radius 3 is 2.83 bits per heavy atom. The van der Waals surface area contributed by atoms with Crippen molar-refractivity contribution in [3.8, 4) is 11.3 Å². The van der Waals surface area contributed by atoms with Crippen molar-refractivity contribution in [3.05, 3.63) is 42.4 Å². The summed E-state index contributed by atoms with van der Waals surface area (Å²) < 4.78 is 2.15. The first-order chi connectivity index (χ1) is 11.1. The van der Waals surface area contributed by atoms with Gasteiger partial charge in [0.15, 0.2) is 0 Å². The number of carbonyl (C=O) groups is 1. The summed E-state index contributed by atoms with van der Waals surface area (Å²) in [6.07, 6.45) is 3.20. The number of likely N-dealkylation sites (tertiary alicyclic amines) is 1. The molecule has 0 bridgehead atoms. The highest BCUT2D eigenvalue weighted by Crippen LogP contribution is 2.59. The third-order valence-corrected chi connectivity index (χ3v) is 5.88. The Hall–Kier alpha value is -2.34. The summed E-state index contributed by atoms with van der Waals surface area (Å²) in [4.78, 5) is 16.6. The first-order valence-electron chi connectivity index (χ1n) is 7.88. The van der Waals surface area contributed by atoms with Gasteiger partial charge in [0.1, 0.15) is 0 Å². The van der Waals surface area contributed by atoms with E-state index in [1.807, 2.05) is 24.7 Å². The van der Waals surface area contributed by atoms with Crippen molar-refractivity contribution < 1.29 is 15.0 Å². The van der Waals surface area contributed by atoms with Crippen molar-refractivity contribution >= 4 is 6.09 Å². The summed E-state index contributed by atoms with van der Waals surface area (Å²) >= 11 is 0. The number of carboxylic acid groups (broad SMARTS) is 1. The average Bonchev–Trinajstić information content (AvgIpc) is 3.06. The fourth-order valence-corrected chi connectivity index (χ4v) is 4.75. The molecule has 1 aromatic heterocycles. The highest BCUT2D eigenvalue weighted by molar-refractivity contribution is 5.69. The summed E-state index contributed by atoms with van der Waals surface area (Å²) in [6.45, 7) is 0.899. The van der Waals surface area contributed by atoms with Crippen LogP contribution in [-0.2, 0) is 0 Å². The molecule has 0 radical (unpaired) electrons. The molecule has 23 heavy (non-hydrogen) atoms. The van der Waals surface area contributed by atoms with Gasteiger partial charge in [0.05, 0.1) is 30.4 Å². The van der Waals surface area contributed by atoms with Gasteiger partial charge in [0, 0.05) is 30.0 Å². The standard InChI is InChI=1S/C17H17N3O3/c21-15-12(5-17(15)7-19(8-17)16(22)23)14-11-4-2-1-3-10(11)13-6-18-9-20(13)14/h1-4,6,9,12,14-15,21H,5,7-8H2,(H,22,23)/t12-,14-,15-/m1/s1. The van der Waals surface area contributed by atoms with Crippen molar-refractivity contribution in [1.82, 2.24) is 14.5 Å². The molecule has 118 valence electrons. The predicted molar refractivity (Wildman–Crippen MR) is 81.9 cm³/mol. The Morgan fingerprint density at radius 1 is 1.30 bits per heavy atom. The zero-order chi connectivity index (χ0) is 15.8. The van der Waals surface area contributed by atoms with Gasteiger partial charge in [-0.1, -0.05) is 24.3 Å². The van der Waals surface area contributed by atoms with E-state index in [-0.39, 0.29) is 17.4 Å². The molecule has 1 amide bonds. The summed E-state index contributed by atoms with van der Waals surface area (Å²) in [5.74, 6) is 0.113. The van der Waals surface area contributed by atoms with E-state index in [9.17, 15) is 9.90 Å². The van der Waals surface area contributed by atoms with E-state index >= 15 is 0 Å². The van der Waals surface area contributed by atoms with Gasteiger partial charge in [-0.3, -0.25) is 0 Å². The van der Waals surface area contributed by atoms with Crippen LogP contribution in [0.5, 0.6) is 0 Å². The maximum absolute atomic E-state index is 11.0. The Labute approximate surface area is 133 Å². The minimum atomic E-state index is -0.894. The number of rotatable bonds is 1. The molecule has 0 unspecified atom stereocenters. The second-order valence-corrected chi connectivity index (χ2v) is 7.03. The highest BCUT2D eigenvalue weighted by Gasteiger charge is 2.63. The van der Waals surface area contributed by atoms with Crippen LogP contribution in [0.15, 0.2) is 36.8 Å². The molecule has 2 aliphatic heterocycles. The van der Waals surface area contributed by atoms with Gasteiger partial charge < -0.3 is 19.7 Å². The number of imidazole rings is 1. The number of amides is 1. The molecular weight excluding hydrogens is 294 g/mol. The quantitative estimate of drug-likeness (QED) is 0.842. The van der Waals surface area contributed by atoms with Crippen LogP contribution in [0.4, 0.5) is 4.79 Å². The normalized spacial score (nSPS) is 29.6. The average molecular weight is 311 g/mol. The van der Waals surface area contributed by atoms with Crippen molar-refractivity contribution in [2.45, 2.75) is 18.6 Å². The molecule has 6 nitrogen and oxygen atoms in total. The molecule has 2 aromatic rings. The lowest BCUT2D eigenvalue weighted by molar-refractivity contribution is -0.194. The highest BCUT2D eigenvalue weighted by atomic mass is 16.4. The fourth-order valence-electron chi connectivity index (χ4n) is 4.75. The summed E-state index contributed by atoms with van der Waals surface area (Å²) in [5.41, 5.74) is 3.28. The largest absolute Gasteiger partial charge is 0.465 e. The molecule has 1 spiro atoms. The molecular formula is C17H17N3O3. The van der Waals surface area contributed by atoms with Crippen LogP contribution in [0.25, 0.3) is 11.3 Å². The smallest absolute Gasteiger partial charge is 0.407 e.